The van der Waals surface area contributed by atoms with Crippen LogP contribution in [0.1, 0.15) is 27.9 Å². The second-order valence-corrected chi connectivity index (χ2v) is 9.03. The molecule has 2 aromatic heterocycles. The molecule has 0 fully saturated rings. The van der Waals surface area contributed by atoms with Gasteiger partial charge >= 0.3 is 5.97 Å². The Kier molecular flexibility index (Phi) is 9.13. The Bertz CT molecular complexity index is 1400. The van der Waals surface area contributed by atoms with Gasteiger partial charge in [-0.15, -0.1) is 0 Å². The van der Waals surface area contributed by atoms with Gasteiger partial charge in [-0.1, -0.05) is 53.6 Å². The van der Waals surface area contributed by atoms with Crippen molar-refractivity contribution in [2.24, 2.45) is 0 Å². The first-order valence-electron chi connectivity index (χ1n) is 11.7. The molecule has 2 aromatic carbocycles. The van der Waals surface area contributed by atoms with E-state index in [0.29, 0.717) is 6.54 Å². The van der Waals surface area contributed by atoms with Crippen molar-refractivity contribution in [3.63, 3.8) is 0 Å². The topological polar surface area (TPSA) is 98.1 Å². The first kappa shape index (κ1) is 26.9. The number of benzene rings is 2. The van der Waals surface area contributed by atoms with E-state index >= 15 is 0 Å². The van der Waals surface area contributed by atoms with Crippen LogP contribution in [0.25, 0.3) is 11.8 Å². The third-order valence-corrected chi connectivity index (χ3v) is 6.33. The van der Waals surface area contributed by atoms with Gasteiger partial charge in [-0.2, -0.15) is 5.10 Å². The van der Waals surface area contributed by atoms with Gasteiger partial charge in [0.2, 0.25) is 0 Å². The van der Waals surface area contributed by atoms with Crippen LogP contribution in [0.15, 0.2) is 85.5 Å². The molecule has 4 rings (SSSR count). The lowest BCUT2D eigenvalue weighted by molar-refractivity contribution is -0.142. The van der Waals surface area contributed by atoms with Gasteiger partial charge in [-0.3, -0.25) is 9.78 Å². The van der Waals surface area contributed by atoms with E-state index in [9.17, 15) is 9.59 Å². The molecule has 10 heteroatoms. The first-order chi connectivity index (χ1) is 18.5. The number of esters is 1. The van der Waals surface area contributed by atoms with Crippen molar-refractivity contribution in [3.05, 3.63) is 112 Å². The monoisotopic (exact) mass is 549 g/mol. The minimum atomic E-state index is -0.902. The number of rotatable bonds is 10. The molecule has 0 bridgehead atoms. The van der Waals surface area contributed by atoms with Gasteiger partial charge in [0.15, 0.2) is 0 Å². The summed E-state index contributed by atoms with van der Waals surface area (Å²) in [6.07, 6.45) is 11.0. The van der Waals surface area contributed by atoms with Crippen molar-refractivity contribution >= 4 is 46.8 Å². The van der Waals surface area contributed by atoms with E-state index in [2.05, 4.69) is 20.7 Å². The van der Waals surface area contributed by atoms with E-state index in [-0.39, 0.29) is 22.0 Å². The summed E-state index contributed by atoms with van der Waals surface area (Å²) in [6, 6.07) is 15.5. The first-order valence-corrected chi connectivity index (χ1v) is 12.5. The molecular weight excluding hydrogens is 525 g/mol. The average Bonchev–Trinajstić information content (AvgIpc) is 3.47. The van der Waals surface area contributed by atoms with Gasteiger partial charge < -0.3 is 15.4 Å². The Balaban J connectivity index is 1.36. The zero-order chi connectivity index (χ0) is 26.9. The highest BCUT2D eigenvalue weighted by atomic mass is 35.5. The van der Waals surface area contributed by atoms with E-state index < -0.39 is 17.9 Å². The van der Waals surface area contributed by atoms with Gasteiger partial charge in [0, 0.05) is 30.8 Å². The quantitative estimate of drug-likeness (QED) is 0.251. The molecule has 8 nitrogen and oxygen atoms in total. The summed E-state index contributed by atoms with van der Waals surface area (Å²) in [7, 11) is 1.27. The number of nitrogens with one attached hydrogen (secondary N) is 2. The van der Waals surface area contributed by atoms with Crippen LogP contribution in [0.5, 0.6) is 0 Å². The minimum Gasteiger partial charge on any atom is -0.467 e. The largest absolute Gasteiger partial charge is 0.467 e. The SMILES string of the molecule is COC(=O)C(C/C=C/c1ccc(NCc2ccncc2-n2cccn2)cc1)NC(=O)c1c(Cl)cccc1Cl. The Labute approximate surface area is 230 Å². The third kappa shape index (κ3) is 6.79. The van der Waals surface area contributed by atoms with Gasteiger partial charge in [-0.05, 0) is 53.9 Å². The molecule has 194 valence electrons. The van der Waals surface area contributed by atoms with Gasteiger partial charge in [0.05, 0.1) is 34.6 Å². The zero-order valence-corrected chi connectivity index (χ0v) is 22.0. The molecule has 38 heavy (non-hydrogen) atoms. The Morgan fingerprint density at radius 1 is 1.05 bits per heavy atom. The van der Waals surface area contributed by atoms with Crippen molar-refractivity contribution in [2.45, 2.75) is 19.0 Å². The number of hydrogen-bond acceptors (Lipinski definition) is 6. The number of halogens is 2. The van der Waals surface area contributed by atoms with Crippen LogP contribution in [0.4, 0.5) is 5.69 Å². The molecule has 0 aliphatic carbocycles. The molecule has 2 N–H and O–H groups in total. The smallest absolute Gasteiger partial charge is 0.328 e. The lowest BCUT2D eigenvalue weighted by atomic mass is 10.1. The molecule has 0 spiro atoms. The fraction of sp³-hybridized carbons (Fsp3) is 0.143. The Morgan fingerprint density at radius 3 is 2.50 bits per heavy atom. The van der Waals surface area contributed by atoms with Gasteiger partial charge in [0.1, 0.15) is 6.04 Å². The van der Waals surface area contributed by atoms with Crippen molar-refractivity contribution in [1.82, 2.24) is 20.1 Å². The number of carbonyl (C=O) groups excluding carboxylic acids is 2. The molecule has 1 atom stereocenters. The summed E-state index contributed by atoms with van der Waals surface area (Å²) in [5.74, 6) is -1.12. The summed E-state index contributed by atoms with van der Waals surface area (Å²) in [5, 5.41) is 10.7. The van der Waals surface area contributed by atoms with Gasteiger partial charge in [0.25, 0.3) is 5.91 Å². The highest BCUT2D eigenvalue weighted by molar-refractivity contribution is 6.39. The molecule has 1 amide bonds. The fourth-order valence-electron chi connectivity index (χ4n) is 3.73. The van der Waals surface area contributed by atoms with E-state index in [1.54, 1.807) is 47.5 Å². The maximum absolute atomic E-state index is 12.7. The van der Waals surface area contributed by atoms with E-state index in [1.807, 2.05) is 48.7 Å². The summed E-state index contributed by atoms with van der Waals surface area (Å²) in [5.41, 5.74) is 3.96. The number of amides is 1. The number of aromatic nitrogens is 3. The highest BCUT2D eigenvalue weighted by Gasteiger charge is 2.23. The number of hydrogen-bond donors (Lipinski definition) is 2. The average molecular weight is 550 g/mol. The van der Waals surface area contributed by atoms with E-state index in [1.165, 1.54) is 7.11 Å². The molecule has 4 aromatic rings. The van der Waals surface area contributed by atoms with E-state index in [0.717, 1.165) is 22.5 Å². The fourth-order valence-corrected chi connectivity index (χ4v) is 4.30. The van der Waals surface area contributed by atoms with Crippen LogP contribution in [0, 0.1) is 0 Å². The number of methoxy groups -OCH3 is 1. The van der Waals surface area contributed by atoms with Crippen molar-refractivity contribution in [1.29, 1.82) is 0 Å². The second kappa shape index (κ2) is 12.9. The normalized spacial score (nSPS) is 11.8. The number of ether oxygens (including phenoxy) is 1. The molecule has 0 saturated heterocycles. The van der Waals surface area contributed by atoms with Crippen LogP contribution < -0.4 is 10.6 Å². The predicted molar refractivity (Wildman–Crippen MR) is 149 cm³/mol. The van der Waals surface area contributed by atoms with Crippen molar-refractivity contribution in [3.8, 4) is 5.69 Å². The lowest BCUT2D eigenvalue weighted by Crippen LogP contribution is -2.41. The summed E-state index contributed by atoms with van der Waals surface area (Å²) >= 11 is 12.2. The Hall–Kier alpha value is -4.14. The molecule has 0 radical (unpaired) electrons. The number of pyridine rings is 1. The van der Waals surface area contributed by atoms with Crippen LogP contribution >= 0.6 is 23.2 Å². The van der Waals surface area contributed by atoms with Crippen molar-refractivity contribution < 1.29 is 14.3 Å². The molecule has 0 aliphatic heterocycles. The maximum Gasteiger partial charge on any atom is 0.328 e. The predicted octanol–water partition coefficient (Wildman–Crippen LogP) is 5.56. The summed E-state index contributed by atoms with van der Waals surface area (Å²) in [6.45, 7) is 0.600. The van der Waals surface area contributed by atoms with Crippen LogP contribution in [-0.4, -0.2) is 39.8 Å². The number of anilines is 1. The second-order valence-electron chi connectivity index (χ2n) is 8.21. The lowest BCUT2D eigenvalue weighted by Gasteiger charge is -2.16. The van der Waals surface area contributed by atoms with Crippen LogP contribution in [0.3, 0.4) is 0 Å². The maximum atomic E-state index is 12.7. The highest BCUT2D eigenvalue weighted by Crippen LogP contribution is 2.24. The van der Waals surface area contributed by atoms with Crippen molar-refractivity contribution in [2.75, 3.05) is 12.4 Å². The molecule has 1 unspecified atom stereocenters. The van der Waals surface area contributed by atoms with E-state index in [4.69, 9.17) is 27.9 Å². The molecule has 2 heterocycles. The number of nitrogens with zero attached hydrogens (tertiary/aromatic N) is 3. The zero-order valence-electron chi connectivity index (χ0n) is 20.5. The molecule has 0 saturated carbocycles. The van der Waals surface area contributed by atoms with Crippen LogP contribution in [-0.2, 0) is 16.1 Å². The standard InChI is InChI=1S/C28H25Cl2N5O3/c1-38-28(37)24(34-27(36)26-22(29)6-3-7-23(26)30)8-2-5-19-9-11-21(12-10-19)32-17-20-13-15-31-18-25(20)35-16-4-14-33-35/h2-7,9-16,18,24,32H,8,17H2,1H3,(H,34,36)/b5-2+. The summed E-state index contributed by atoms with van der Waals surface area (Å²) < 4.78 is 6.64. The third-order valence-electron chi connectivity index (χ3n) is 5.70. The minimum absolute atomic E-state index is 0.111. The van der Waals surface area contributed by atoms with Crippen LogP contribution in [0.2, 0.25) is 10.0 Å². The Morgan fingerprint density at radius 2 is 1.82 bits per heavy atom. The number of carbonyl (C=O) groups is 2. The molecular formula is C28H25Cl2N5O3. The molecule has 0 aliphatic rings. The van der Waals surface area contributed by atoms with Gasteiger partial charge in [-0.25, -0.2) is 9.48 Å². The summed E-state index contributed by atoms with van der Waals surface area (Å²) in [4.78, 5) is 29.2.